The van der Waals surface area contributed by atoms with E-state index < -0.39 is 0 Å². The zero-order valence-corrected chi connectivity index (χ0v) is 10.9. The zero-order chi connectivity index (χ0) is 11.5. The molecule has 0 unspecified atom stereocenters. The van der Waals surface area contributed by atoms with Crippen molar-refractivity contribution >= 4 is 34.5 Å². The van der Waals surface area contributed by atoms with Gasteiger partial charge in [-0.05, 0) is 19.1 Å². The van der Waals surface area contributed by atoms with Gasteiger partial charge in [0.1, 0.15) is 17.4 Å². The average Bonchev–Trinajstić information content (AvgIpc) is 2.67. The van der Waals surface area contributed by atoms with Crippen LogP contribution in [0.2, 0.25) is 10.0 Å². The second kappa shape index (κ2) is 5.04. The third-order valence-corrected chi connectivity index (χ3v) is 3.58. The highest BCUT2D eigenvalue weighted by atomic mass is 35.5. The molecule has 1 aromatic carbocycles. The van der Waals surface area contributed by atoms with E-state index in [-0.39, 0.29) is 0 Å². The van der Waals surface area contributed by atoms with Gasteiger partial charge in [-0.2, -0.15) is 0 Å². The molecule has 0 aliphatic carbocycles. The number of hydrogen-bond donors (Lipinski definition) is 0. The normalized spacial score (nSPS) is 10.4. The van der Waals surface area contributed by atoms with Crippen molar-refractivity contribution in [1.29, 1.82) is 0 Å². The van der Waals surface area contributed by atoms with Crippen LogP contribution in [0.25, 0.3) is 0 Å². The van der Waals surface area contributed by atoms with E-state index in [9.17, 15) is 0 Å². The highest BCUT2D eigenvalue weighted by Gasteiger charge is 2.06. The number of ether oxygens (including phenoxy) is 1. The van der Waals surface area contributed by atoms with Crippen LogP contribution in [0.1, 0.15) is 10.7 Å². The van der Waals surface area contributed by atoms with Crippen LogP contribution in [-0.2, 0) is 6.61 Å². The Morgan fingerprint density at radius 3 is 2.88 bits per heavy atom. The van der Waals surface area contributed by atoms with Crippen LogP contribution in [0.15, 0.2) is 23.6 Å². The molecule has 0 saturated heterocycles. The summed E-state index contributed by atoms with van der Waals surface area (Å²) in [4.78, 5) is 4.30. The van der Waals surface area contributed by atoms with Gasteiger partial charge in [0.25, 0.3) is 0 Å². The van der Waals surface area contributed by atoms with Gasteiger partial charge < -0.3 is 4.74 Å². The molecule has 1 aromatic heterocycles. The molecule has 0 spiro atoms. The monoisotopic (exact) mass is 273 g/mol. The van der Waals surface area contributed by atoms with Gasteiger partial charge in [0.15, 0.2) is 0 Å². The van der Waals surface area contributed by atoms with E-state index in [0.717, 1.165) is 10.7 Å². The van der Waals surface area contributed by atoms with Crippen molar-refractivity contribution < 1.29 is 4.74 Å². The molecule has 0 bridgehead atoms. The lowest BCUT2D eigenvalue weighted by Crippen LogP contribution is -1.96. The molecule has 0 atom stereocenters. The molecule has 0 fully saturated rings. The summed E-state index contributed by atoms with van der Waals surface area (Å²) < 4.78 is 5.54. The summed E-state index contributed by atoms with van der Waals surface area (Å²) in [7, 11) is 0. The van der Waals surface area contributed by atoms with E-state index in [1.807, 2.05) is 12.3 Å². The van der Waals surface area contributed by atoms with Crippen LogP contribution < -0.4 is 4.74 Å². The predicted molar refractivity (Wildman–Crippen MR) is 67.6 cm³/mol. The number of benzene rings is 1. The Balaban J connectivity index is 2.07. The smallest absolute Gasteiger partial charge is 0.140 e. The van der Waals surface area contributed by atoms with Gasteiger partial charge in [0, 0.05) is 5.38 Å². The molecule has 2 nitrogen and oxygen atoms in total. The lowest BCUT2D eigenvalue weighted by Gasteiger charge is -2.06. The molecule has 84 valence electrons. The summed E-state index contributed by atoms with van der Waals surface area (Å²) in [5.74, 6) is 0.583. The maximum Gasteiger partial charge on any atom is 0.140 e. The molecule has 0 N–H and O–H groups in total. The fraction of sp³-hybridized carbons (Fsp3) is 0.182. The van der Waals surface area contributed by atoms with Crippen molar-refractivity contribution in [2.24, 2.45) is 0 Å². The minimum atomic E-state index is 0.407. The van der Waals surface area contributed by atoms with Crippen LogP contribution in [-0.4, -0.2) is 4.98 Å². The van der Waals surface area contributed by atoms with Crippen molar-refractivity contribution in [3.8, 4) is 5.75 Å². The van der Waals surface area contributed by atoms with Crippen LogP contribution in [0, 0.1) is 6.92 Å². The van der Waals surface area contributed by atoms with Crippen LogP contribution >= 0.6 is 34.5 Å². The Morgan fingerprint density at radius 2 is 2.19 bits per heavy atom. The molecule has 0 radical (unpaired) electrons. The molecule has 2 rings (SSSR count). The Morgan fingerprint density at radius 1 is 1.38 bits per heavy atom. The minimum absolute atomic E-state index is 0.407. The van der Waals surface area contributed by atoms with Crippen molar-refractivity contribution in [3.05, 3.63) is 44.3 Å². The Bertz CT molecular complexity index is 498. The summed E-state index contributed by atoms with van der Waals surface area (Å²) in [6.45, 7) is 2.37. The van der Waals surface area contributed by atoms with E-state index in [1.54, 1.807) is 29.5 Å². The van der Waals surface area contributed by atoms with E-state index in [1.165, 1.54) is 0 Å². The Labute approximate surface area is 108 Å². The highest BCUT2D eigenvalue weighted by Crippen LogP contribution is 2.31. The van der Waals surface area contributed by atoms with Crippen LogP contribution in [0.5, 0.6) is 5.75 Å². The SMILES string of the molecule is Cc1nc(COc2cccc(Cl)c2Cl)cs1. The number of aryl methyl sites for hydroxylation is 1. The molecular formula is C11H9Cl2NOS. The number of aromatic nitrogens is 1. The summed E-state index contributed by atoms with van der Waals surface area (Å²) in [6.07, 6.45) is 0. The van der Waals surface area contributed by atoms with Gasteiger partial charge in [-0.1, -0.05) is 29.3 Å². The second-order valence-electron chi connectivity index (χ2n) is 3.20. The van der Waals surface area contributed by atoms with Gasteiger partial charge in [0.2, 0.25) is 0 Å². The predicted octanol–water partition coefficient (Wildman–Crippen LogP) is 4.34. The summed E-state index contributed by atoms with van der Waals surface area (Å²) in [6, 6.07) is 5.31. The lowest BCUT2D eigenvalue weighted by molar-refractivity contribution is 0.302. The van der Waals surface area contributed by atoms with E-state index >= 15 is 0 Å². The zero-order valence-electron chi connectivity index (χ0n) is 8.54. The largest absolute Gasteiger partial charge is 0.486 e. The maximum absolute atomic E-state index is 5.99. The van der Waals surface area contributed by atoms with Gasteiger partial charge in [-0.25, -0.2) is 4.98 Å². The third kappa shape index (κ3) is 2.67. The summed E-state index contributed by atoms with van der Waals surface area (Å²) in [5.41, 5.74) is 0.901. The summed E-state index contributed by atoms with van der Waals surface area (Å²) >= 11 is 13.5. The Kier molecular flexibility index (Phi) is 3.69. The number of rotatable bonds is 3. The topological polar surface area (TPSA) is 22.1 Å². The van der Waals surface area contributed by atoms with E-state index in [2.05, 4.69) is 4.98 Å². The van der Waals surface area contributed by atoms with Gasteiger partial charge in [-0.15, -0.1) is 11.3 Å². The van der Waals surface area contributed by atoms with Crippen molar-refractivity contribution in [2.45, 2.75) is 13.5 Å². The molecular weight excluding hydrogens is 265 g/mol. The fourth-order valence-corrected chi connectivity index (χ4v) is 2.17. The van der Waals surface area contributed by atoms with Crippen LogP contribution in [0.4, 0.5) is 0 Å². The molecule has 0 aliphatic rings. The quantitative estimate of drug-likeness (QED) is 0.830. The first-order valence-corrected chi connectivity index (χ1v) is 6.28. The number of halogens is 2. The molecule has 2 aromatic rings. The molecule has 0 saturated carbocycles. The number of nitrogens with zero attached hydrogens (tertiary/aromatic N) is 1. The molecule has 5 heteroatoms. The number of hydrogen-bond acceptors (Lipinski definition) is 3. The standard InChI is InChI=1S/C11H9Cl2NOS/c1-7-14-8(6-16-7)5-15-10-4-2-3-9(12)11(10)13/h2-4,6H,5H2,1H3. The first-order valence-electron chi connectivity index (χ1n) is 4.64. The Hall–Kier alpha value is -0.770. The van der Waals surface area contributed by atoms with Crippen LogP contribution in [0.3, 0.4) is 0 Å². The van der Waals surface area contributed by atoms with Gasteiger partial charge in [0.05, 0.1) is 15.7 Å². The molecule has 0 aliphatic heterocycles. The molecule has 0 amide bonds. The van der Waals surface area contributed by atoms with Crippen molar-refractivity contribution in [1.82, 2.24) is 4.98 Å². The third-order valence-electron chi connectivity index (χ3n) is 1.96. The minimum Gasteiger partial charge on any atom is -0.486 e. The van der Waals surface area contributed by atoms with Crippen molar-refractivity contribution in [3.63, 3.8) is 0 Å². The van der Waals surface area contributed by atoms with E-state index in [4.69, 9.17) is 27.9 Å². The van der Waals surface area contributed by atoms with Gasteiger partial charge >= 0.3 is 0 Å². The van der Waals surface area contributed by atoms with Crippen molar-refractivity contribution in [2.75, 3.05) is 0 Å². The molecule has 1 heterocycles. The lowest BCUT2D eigenvalue weighted by atomic mass is 10.3. The van der Waals surface area contributed by atoms with E-state index in [0.29, 0.717) is 22.4 Å². The highest BCUT2D eigenvalue weighted by molar-refractivity contribution is 7.09. The summed E-state index contributed by atoms with van der Waals surface area (Å²) in [5, 5.41) is 3.92. The first-order chi connectivity index (χ1) is 7.66. The first kappa shape index (κ1) is 11.7. The second-order valence-corrected chi connectivity index (χ2v) is 5.05. The maximum atomic E-state index is 5.99. The average molecular weight is 274 g/mol. The van der Waals surface area contributed by atoms with Gasteiger partial charge in [-0.3, -0.25) is 0 Å². The fourth-order valence-electron chi connectivity index (χ4n) is 1.22. The number of thiazole rings is 1. The molecule has 16 heavy (non-hydrogen) atoms.